The van der Waals surface area contributed by atoms with Gasteiger partial charge < -0.3 is 15.0 Å². The zero-order chi connectivity index (χ0) is 20.2. The number of H-pyrrole nitrogens is 2. The van der Waals surface area contributed by atoms with Crippen LogP contribution in [-0.4, -0.2) is 44.7 Å². The lowest BCUT2D eigenvalue weighted by molar-refractivity contribution is 0.0955. The van der Waals surface area contributed by atoms with Crippen LogP contribution in [0.25, 0.3) is 34.7 Å². The van der Waals surface area contributed by atoms with Crippen LogP contribution in [0.1, 0.15) is 28.4 Å². The zero-order valence-electron chi connectivity index (χ0n) is 16.1. The van der Waals surface area contributed by atoms with Crippen molar-refractivity contribution < 1.29 is 9.53 Å². The number of nitrogens with zero attached hydrogens (tertiary/aromatic N) is 3. The highest BCUT2D eigenvalue weighted by Gasteiger charge is 2.12. The van der Waals surface area contributed by atoms with Gasteiger partial charge in [0.2, 0.25) is 0 Å². The van der Waals surface area contributed by atoms with Crippen molar-refractivity contribution in [2.45, 2.75) is 6.92 Å². The maximum absolute atomic E-state index is 12.0. The molecule has 1 amide bonds. The molecule has 8 heteroatoms. The fourth-order valence-corrected chi connectivity index (χ4v) is 2.97. The molecule has 0 bridgehead atoms. The molecule has 29 heavy (non-hydrogen) atoms. The Kier molecular flexibility index (Phi) is 5.07. The quantitative estimate of drug-likeness (QED) is 0.470. The van der Waals surface area contributed by atoms with Crippen LogP contribution in [-0.2, 0) is 0 Å². The molecule has 0 unspecified atom stereocenters. The number of imidazole rings is 1. The summed E-state index contributed by atoms with van der Waals surface area (Å²) in [7, 11) is 1.63. The minimum Gasteiger partial charge on any atom is -0.497 e. The Morgan fingerprint density at radius 1 is 1.24 bits per heavy atom. The molecule has 0 saturated carbocycles. The van der Waals surface area contributed by atoms with E-state index in [0.717, 1.165) is 27.9 Å². The van der Waals surface area contributed by atoms with Gasteiger partial charge >= 0.3 is 0 Å². The van der Waals surface area contributed by atoms with E-state index in [1.165, 1.54) is 0 Å². The van der Waals surface area contributed by atoms with Gasteiger partial charge in [-0.1, -0.05) is 12.2 Å². The Morgan fingerprint density at radius 2 is 2.14 bits per heavy atom. The first-order valence-corrected chi connectivity index (χ1v) is 9.17. The Morgan fingerprint density at radius 3 is 2.97 bits per heavy atom. The topological polar surface area (TPSA) is 109 Å². The number of fused-ring (bicyclic) bond motifs is 1. The summed E-state index contributed by atoms with van der Waals surface area (Å²) in [5.41, 5.74) is 4.60. The molecular weight excluding hydrogens is 368 g/mol. The third-order valence-corrected chi connectivity index (χ3v) is 4.40. The number of hydrogen-bond acceptors (Lipinski definition) is 5. The molecule has 3 aromatic heterocycles. The van der Waals surface area contributed by atoms with Crippen molar-refractivity contribution in [1.82, 2.24) is 30.5 Å². The Bertz CT molecular complexity index is 1190. The van der Waals surface area contributed by atoms with Gasteiger partial charge in [0.05, 0.1) is 23.7 Å². The molecule has 0 aliphatic heterocycles. The highest BCUT2D eigenvalue weighted by atomic mass is 16.5. The molecule has 0 atom stereocenters. The van der Waals surface area contributed by atoms with E-state index >= 15 is 0 Å². The van der Waals surface area contributed by atoms with E-state index in [2.05, 4.69) is 30.5 Å². The third-order valence-electron chi connectivity index (χ3n) is 4.40. The largest absolute Gasteiger partial charge is 0.497 e. The monoisotopic (exact) mass is 388 g/mol. The number of carbonyl (C=O) groups is 1. The van der Waals surface area contributed by atoms with Crippen molar-refractivity contribution >= 4 is 29.1 Å². The lowest BCUT2D eigenvalue weighted by Gasteiger charge is -2.02. The van der Waals surface area contributed by atoms with Gasteiger partial charge in [0.25, 0.3) is 5.91 Å². The summed E-state index contributed by atoms with van der Waals surface area (Å²) >= 11 is 0. The minimum atomic E-state index is -0.142. The van der Waals surface area contributed by atoms with Crippen LogP contribution in [0, 0.1) is 0 Å². The molecule has 0 saturated heterocycles. The van der Waals surface area contributed by atoms with Gasteiger partial charge in [-0.05, 0) is 30.7 Å². The van der Waals surface area contributed by atoms with E-state index in [0.29, 0.717) is 23.6 Å². The molecular formula is C21H20N6O2. The summed E-state index contributed by atoms with van der Waals surface area (Å²) in [6, 6.07) is 7.45. The van der Waals surface area contributed by atoms with E-state index in [4.69, 9.17) is 4.74 Å². The summed E-state index contributed by atoms with van der Waals surface area (Å²) in [5, 5.41) is 9.98. The lowest BCUT2D eigenvalue weighted by atomic mass is 10.1. The number of ether oxygens (including phenoxy) is 1. The van der Waals surface area contributed by atoms with Crippen molar-refractivity contribution in [3.05, 3.63) is 59.5 Å². The highest BCUT2D eigenvalue weighted by molar-refractivity contribution is 5.94. The van der Waals surface area contributed by atoms with Crippen molar-refractivity contribution in [2.75, 3.05) is 13.7 Å². The Hall–Kier alpha value is -3.94. The van der Waals surface area contributed by atoms with Crippen molar-refractivity contribution in [1.29, 1.82) is 0 Å². The number of pyridine rings is 1. The van der Waals surface area contributed by atoms with Crippen LogP contribution in [0.15, 0.2) is 42.9 Å². The van der Waals surface area contributed by atoms with Crippen LogP contribution in [0.3, 0.4) is 0 Å². The van der Waals surface area contributed by atoms with Gasteiger partial charge in [0.1, 0.15) is 11.4 Å². The summed E-state index contributed by atoms with van der Waals surface area (Å²) in [6.07, 6.45) is 8.84. The average molecular weight is 388 g/mol. The first-order valence-electron chi connectivity index (χ1n) is 9.17. The number of methoxy groups -OCH3 is 1. The van der Waals surface area contributed by atoms with E-state index < -0.39 is 0 Å². The molecule has 8 nitrogen and oxygen atoms in total. The van der Waals surface area contributed by atoms with Crippen LogP contribution < -0.4 is 10.1 Å². The molecule has 146 valence electrons. The van der Waals surface area contributed by atoms with Gasteiger partial charge in [-0.2, -0.15) is 5.10 Å². The van der Waals surface area contributed by atoms with Crippen LogP contribution in [0.4, 0.5) is 0 Å². The summed E-state index contributed by atoms with van der Waals surface area (Å²) in [6.45, 7) is 2.45. The molecule has 4 rings (SSSR count). The van der Waals surface area contributed by atoms with Crippen molar-refractivity contribution in [3.63, 3.8) is 0 Å². The van der Waals surface area contributed by atoms with Gasteiger partial charge in [-0.15, -0.1) is 0 Å². The lowest BCUT2D eigenvalue weighted by Crippen LogP contribution is -2.22. The number of amides is 1. The standard InChI is InChI=1S/C21H20N6O2/c1-3-23-21(28)15-8-13(10-22-11-15)4-5-14-12-24-27-19(14)20-25-17-7-6-16(29-2)9-18(17)26-20/h4-12H,3H2,1-2H3,(H,23,28)(H,24,27)(H,25,26). The highest BCUT2D eigenvalue weighted by Crippen LogP contribution is 2.25. The normalized spacial score (nSPS) is 11.2. The third kappa shape index (κ3) is 3.86. The number of carbonyl (C=O) groups excluding carboxylic acids is 1. The van der Waals surface area contributed by atoms with Crippen molar-refractivity contribution in [3.8, 4) is 17.3 Å². The van der Waals surface area contributed by atoms with Gasteiger partial charge in [-0.3, -0.25) is 14.9 Å². The predicted molar refractivity (Wildman–Crippen MR) is 111 cm³/mol. The maximum atomic E-state index is 12.0. The van der Waals surface area contributed by atoms with E-state index in [-0.39, 0.29) is 5.91 Å². The average Bonchev–Trinajstić information content (AvgIpc) is 3.38. The van der Waals surface area contributed by atoms with E-state index in [1.54, 1.807) is 31.8 Å². The first-order chi connectivity index (χ1) is 14.2. The SMILES string of the molecule is CCNC(=O)c1cncc(C=Cc2c[nH]nc2-c2nc3ccc(OC)cc3[nH]2)c1. The van der Waals surface area contributed by atoms with Crippen LogP contribution >= 0.6 is 0 Å². The summed E-state index contributed by atoms with van der Waals surface area (Å²) < 4.78 is 5.26. The number of aromatic amines is 2. The molecule has 4 aromatic rings. The fourth-order valence-electron chi connectivity index (χ4n) is 2.97. The second-order valence-corrected chi connectivity index (χ2v) is 6.36. The van der Waals surface area contributed by atoms with Gasteiger partial charge in [0, 0.05) is 36.8 Å². The van der Waals surface area contributed by atoms with Gasteiger partial charge in [0.15, 0.2) is 5.82 Å². The molecule has 0 fully saturated rings. The summed E-state index contributed by atoms with van der Waals surface area (Å²) in [4.78, 5) is 24.0. The number of nitrogens with one attached hydrogen (secondary N) is 3. The van der Waals surface area contributed by atoms with Gasteiger partial charge in [-0.25, -0.2) is 4.98 Å². The predicted octanol–water partition coefficient (Wildman–Crippen LogP) is 3.28. The molecule has 0 radical (unpaired) electrons. The first kappa shape index (κ1) is 18.4. The van der Waals surface area contributed by atoms with Crippen LogP contribution in [0.5, 0.6) is 5.75 Å². The summed E-state index contributed by atoms with van der Waals surface area (Å²) in [5.74, 6) is 1.27. The van der Waals surface area contributed by atoms with Crippen LogP contribution in [0.2, 0.25) is 0 Å². The van der Waals surface area contributed by atoms with E-state index in [9.17, 15) is 4.79 Å². The molecule has 1 aromatic carbocycles. The second-order valence-electron chi connectivity index (χ2n) is 6.36. The molecule has 3 heterocycles. The molecule has 0 aliphatic carbocycles. The molecule has 0 spiro atoms. The maximum Gasteiger partial charge on any atom is 0.252 e. The Balaban J connectivity index is 1.62. The number of hydrogen-bond donors (Lipinski definition) is 3. The second kappa shape index (κ2) is 7.97. The number of benzene rings is 1. The Labute approximate surface area is 167 Å². The zero-order valence-corrected chi connectivity index (χ0v) is 16.1. The number of rotatable bonds is 6. The smallest absolute Gasteiger partial charge is 0.252 e. The fraction of sp³-hybridized carbons (Fsp3) is 0.143. The van der Waals surface area contributed by atoms with Crippen molar-refractivity contribution in [2.24, 2.45) is 0 Å². The molecule has 3 N–H and O–H groups in total. The number of aromatic nitrogens is 5. The minimum absolute atomic E-state index is 0.142. The van der Waals surface area contributed by atoms with E-state index in [1.807, 2.05) is 37.3 Å². The molecule has 0 aliphatic rings.